The third kappa shape index (κ3) is 6.26. The summed E-state index contributed by atoms with van der Waals surface area (Å²) in [4.78, 5) is 39.9. The van der Waals surface area contributed by atoms with Gasteiger partial charge in [0.2, 0.25) is 0 Å². The molecule has 0 saturated carbocycles. The molecule has 1 atom stereocenters. The topological polar surface area (TPSA) is 136 Å². The lowest BCUT2D eigenvalue weighted by Crippen LogP contribution is -2.42. The van der Waals surface area contributed by atoms with Crippen molar-refractivity contribution in [3.05, 3.63) is 80.7 Å². The van der Waals surface area contributed by atoms with Gasteiger partial charge in [0.25, 0.3) is 11.8 Å². The van der Waals surface area contributed by atoms with Gasteiger partial charge in [-0.25, -0.2) is 4.79 Å². The van der Waals surface area contributed by atoms with E-state index in [0.29, 0.717) is 40.8 Å². The number of carboxylic acids is 1. The molecule has 0 fully saturated rings. The number of halogens is 2. The summed E-state index contributed by atoms with van der Waals surface area (Å²) < 4.78 is 5.41. The SMILES string of the molecule is CC(C)N/C=C(\C=N)C[C@H](NC(=O)c1c(Cl)cc2c(c1Cl)CCN(C(=O)c1ccc3ccoc3c1)C2)C(=O)O. The Labute approximate surface area is 235 Å². The number of fused-ring (bicyclic) bond motifs is 2. The van der Waals surface area contributed by atoms with Gasteiger partial charge >= 0.3 is 5.97 Å². The molecule has 11 heteroatoms. The molecule has 2 heterocycles. The Hall–Kier alpha value is -3.82. The fraction of sp³-hybridized carbons (Fsp3) is 0.286. The summed E-state index contributed by atoms with van der Waals surface area (Å²) in [7, 11) is 0. The minimum Gasteiger partial charge on any atom is -0.480 e. The van der Waals surface area contributed by atoms with Crippen LogP contribution in [0.4, 0.5) is 0 Å². The zero-order valence-corrected chi connectivity index (χ0v) is 22.9. The Bertz CT molecular complexity index is 1480. The average molecular weight is 571 g/mol. The number of benzene rings is 2. The minimum atomic E-state index is -1.30. The Morgan fingerprint density at radius 1 is 1.21 bits per heavy atom. The van der Waals surface area contributed by atoms with Gasteiger partial charge in [0.05, 0.1) is 21.9 Å². The van der Waals surface area contributed by atoms with Crippen LogP contribution >= 0.6 is 23.2 Å². The van der Waals surface area contributed by atoms with E-state index in [-0.39, 0.29) is 40.5 Å². The van der Waals surface area contributed by atoms with Gasteiger partial charge in [-0.2, -0.15) is 0 Å². The Morgan fingerprint density at radius 3 is 2.67 bits per heavy atom. The van der Waals surface area contributed by atoms with Crippen molar-refractivity contribution in [3.63, 3.8) is 0 Å². The lowest BCUT2D eigenvalue weighted by molar-refractivity contribution is -0.139. The van der Waals surface area contributed by atoms with Gasteiger partial charge in [0.1, 0.15) is 11.6 Å². The number of carboxylic acid groups (broad SMARTS) is 1. The van der Waals surface area contributed by atoms with E-state index in [9.17, 15) is 19.5 Å². The van der Waals surface area contributed by atoms with E-state index in [0.717, 1.165) is 11.6 Å². The fourth-order valence-electron chi connectivity index (χ4n) is 4.40. The molecule has 2 amide bonds. The number of hydrogen-bond donors (Lipinski definition) is 4. The molecule has 204 valence electrons. The van der Waals surface area contributed by atoms with Crippen molar-refractivity contribution in [3.8, 4) is 0 Å². The Balaban J connectivity index is 1.52. The van der Waals surface area contributed by atoms with Crippen molar-refractivity contribution < 1.29 is 23.9 Å². The molecular weight excluding hydrogens is 543 g/mol. The fourth-order valence-corrected chi connectivity index (χ4v) is 5.17. The Morgan fingerprint density at radius 2 is 1.97 bits per heavy atom. The van der Waals surface area contributed by atoms with Crippen LogP contribution < -0.4 is 10.6 Å². The molecule has 0 saturated heterocycles. The molecule has 1 aromatic heterocycles. The first kappa shape index (κ1) is 28.2. The van der Waals surface area contributed by atoms with E-state index in [1.54, 1.807) is 35.6 Å². The normalized spacial score (nSPS) is 14.2. The predicted octanol–water partition coefficient (Wildman–Crippen LogP) is 5.04. The van der Waals surface area contributed by atoms with Crippen molar-refractivity contribution in [2.75, 3.05) is 6.54 Å². The maximum atomic E-state index is 13.2. The summed E-state index contributed by atoms with van der Waals surface area (Å²) in [5, 5.41) is 23.9. The van der Waals surface area contributed by atoms with Crippen LogP contribution in [0.25, 0.3) is 11.0 Å². The molecular formula is C28H28Cl2N4O5. The number of carbonyl (C=O) groups excluding carboxylic acids is 2. The van der Waals surface area contributed by atoms with Crippen LogP contribution in [0.15, 0.2) is 52.8 Å². The largest absolute Gasteiger partial charge is 0.480 e. The van der Waals surface area contributed by atoms with Crippen LogP contribution in [0.1, 0.15) is 52.1 Å². The number of nitrogens with one attached hydrogen (secondary N) is 3. The molecule has 0 aliphatic carbocycles. The van der Waals surface area contributed by atoms with Crippen LogP contribution in [-0.2, 0) is 17.8 Å². The van der Waals surface area contributed by atoms with E-state index in [1.807, 2.05) is 26.0 Å². The number of furan rings is 1. The lowest BCUT2D eigenvalue weighted by Gasteiger charge is -2.30. The highest BCUT2D eigenvalue weighted by Gasteiger charge is 2.30. The maximum Gasteiger partial charge on any atom is 0.326 e. The summed E-state index contributed by atoms with van der Waals surface area (Å²) in [6, 6.07) is 7.49. The molecule has 0 spiro atoms. The van der Waals surface area contributed by atoms with Crippen LogP contribution in [0, 0.1) is 5.41 Å². The van der Waals surface area contributed by atoms with Crippen LogP contribution in [0.5, 0.6) is 0 Å². The molecule has 4 N–H and O–H groups in total. The summed E-state index contributed by atoms with van der Waals surface area (Å²) in [6.07, 6.45) is 4.45. The first-order chi connectivity index (χ1) is 18.6. The van der Waals surface area contributed by atoms with Crippen molar-refractivity contribution in [2.24, 2.45) is 0 Å². The molecule has 39 heavy (non-hydrogen) atoms. The van der Waals surface area contributed by atoms with Crippen molar-refractivity contribution in [1.29, 1.82) is 5.41 Å². The van der Waals surface area contributed by atoms with Gasteiger partial charge in [-0.15, -0.1) is 0 Å². The summed E-state index contributed by atoms with van der Waals surface area (Å²) in [5.74, 6) is -2.15. The van der Waals surface area contributed by atoms with Gasteiger partial charge < -0.3 is 30.5 Å². The van der Waals surface area contributed by atoms with E-state index in [2.05, 4.69) is 10.6 Å². The Kier molecular flexibility index (Phi) is 8.62. The first-order valence-electron chi connectivity index (χ1n) is 12.3. The number of aliphatic carboxylic acids is 1. The molecule has 0 unspecified atom stereocenters. The van der Waals surface area contributed by atoms with Crippen molar-refractivity contribution in [2.45, 2.75) is 45.3 Å². The zero-order chi connectivity index (χ0) is 28.3. The second kappa shape index (κ2) is 11.9. The highest BCUT2D eigenvalue weighted by Crippen LogP contribution is 2.35. The zero-order valence-electron chi connectivity index (χ0n) is 21.4. The maximum absolute atomic E-state index is 13.2. The third-order valence-corrected chi connectivity index (χ3v) is 7.17. The lowest BCUT2D eigenvalue weighted by atomic mass is 9.95. The number of hydrogen-bond acceptors (Lipinski definition) is 6. The molecule has 1 aliphatic rings. The van der Waals surface area contributed by atoms with Crippen molar-refractivity contribution >= 4 is 58.2 Å². The standard InChI is InChI=1S/C28H28Cl2N4O5/c1-15(2)32-13-16(12-31)9-22(28(37)38)33-26(35)24-21(29)10-19-14-34(7-5-20(19)25(24)30)27(36)18-4-3-17-6-8-39-23(17)11-18/h3-4,6,8,10-13,15,22,31-32H,5,7,9,14H2,1-2H3,(H,33,35)(H,37,38)/b16-13-,31-12?/t22-/m0/s1. The van der Waals surface area contributed by atoms with Crippen LogP contribution in [0.2, 0.25) is 10.0 Å². The summed E-state index contributed by atoms with van der Waals surface area (Å²) in [5.41, 5.74) is 2.89. The van der Waals surface area contributed by atoms with Crippen LogP contribution in [-0.4, -0.2) is 52.6 Å². The van der Waals surface area contributed by atoms with Gasteiger partial charge in [0, 0.05) is 48.9 Å². The van der Waals surface area contributed by atoms with Gasteiger partial charge in [0.15, 0.2) is 0 Å². The van der Waals surface area contributed by atoms with E-state index in [1.165, 1.54) is 0 Å². The van der Waals surface area contributed by atoms with Crippen molar-refractivity contribution in [1.82, 2.24) is 15.5 Å². The summed E-state index contributed by atoms with van der Waals surface area (Å²) >= 11 is 13.1. The third-order valence-electron chi connectivity index (χ3n) is 6.45. The number of amides is 2. The molecule has 0 radical (unpaired) electrons. The van der Waals surface area contributed by atoms with Crippen LogP contribution in [0.3, 0.4) is 0 Å². The molecule has 9 nitrogen and oxygen atoms in total. The number of rotatable bonds is 9. The highest BCUT2D eigenvalue weighted by atomic mass is 35.5. The molecule has 1 aliphatic heterocycles. The smallest absolute Gasteiger partial charge is 0.326 e. The van der Waals surface area contributed by atoms with E-state index < -0.39 is 17.9 Å². The van der Waals surface area contributed by atoms with Gasteiger partial charge in [-0.1, -0.05) is 29.3 Å². The monoisotopic (exact) mass is 570 g/mol. The van der Waals surface area contributed by atoms with Gasteiger partial charge in [-0.3, -0.25) is 9.59 Å². The minimum absolute atomic E-state index is 0.0212. The molecule has 3 aromatic rings. The quantitative estimate of drug-likeness (QED) is 0.266. The van der Waals surface area contributed by atoms with E-state index >= 15 is 0 Å². The molecule has 2 aromatic carbocycles. The summed E-state index contributed by atoms with van der Waals surface area (Å²) in [6.45, 7) is 4.44. The second-order valence-electron chi connectivity index (χ2n) is 9.59. The number of nitrogens with zero attached hydrogens (tertiary/aromatic N) is 1. The highest BCUT2D eigenvalue weighted by molar-refractivity contribution is 6.40. The first-order valence-corrected chi connectivity index (χ1v) is 13.1. The van der Waals surface area contributed by atoms with E-state index in [4.69, 9.17) is 33.0 Å². The predicted molar refractivity (Wildman–Crippen MR) is 150 cm³/mol. The molecule has 4 rings (SSSR count). The van der Waals surface area contributed by atoms with Gasteiger partial charge in [-0.05, 0) is 61.2 Å². The average Bonchev–Trinajstić information content (AvgIpc) is 3.37. The number of carbonyl (C=O) groups is 3. The molecule has 0 bridgehead atoms. The second-order valence-corrected chi connectivity index (χ2v) is 10.4.